The Labute approximate surface area is 334 Å². The van der Waals surface area contributed by atoms with Crippen LogP contribution < -0.4 is 11.1 Å². The molecule has 0 fully saturated rings. The van der Waals surface area contributed by atoms with Crippen molar-refractivity contribution in [2.24, 2.45) is 5.73 Å². The standard InChI is InChI=1S/C48H52N4O5/c1-3-26-52(40(30-45(49)53)29-37-23-25-38-27-34(4-2)22-24-39(38)28-37)48(56)43(19-13-21-46(54)57-33-36-16-9-6-10-17-36)50-47(55)42-32-51(31-35-14-7-5-8-15-35)44-20-12-11-18-41(42)44/h5-12,14-18,20,22-25,27-28,32,40,43H,3-4,13,19,21,26,29-31,33H2,1-2H3,(H2,49,53)(H,50,55)/t40-,43-/m0/s1. The SMILES string of the molecule is CCCN(C(=O)[C@H](CCCC(=O)OCc1ccccc1)NC(=O)c1cn(Cc2ccccc2)c2ccccc12)[C@H](CC(N)=O)Cc1ccc2cc(CC)ccc2c1. The minimum Gasteiger partial charge on any atom is -0.461 e. The molecule has 1 heterocycles. The van der Waals surface area contributed by atoms with Gasteiger partial charge in [-0.1, -0.05) is 129 Å². The maximum atomic E-state index is 14.8. The van der Waals surface area contributed by atoms with E-state index in [1.807, 2.05) is 109 Å². The van der Waals surface area contributed by atoms with Crippen LogP contribution in [0, 0.1) is 0 Å². The Kier molecular flexibility index (Phi) is 13.9. The van der Waals surface area contributed by atoms with Crippen molar-refractivity contribution < 1.29 is 23.9 Å². The van der Waals surface area contributed by atoms with Crippen LogP contribution in [0.25, 0.3) is 21.7 Å². The predicted molar refractivity (Wildman–Crippen MR) is 225 cm³/mol. The van der Waals surface area contributed by atoms with Gasteiger partial charge in [-0.25, -0.2) is 0 Å². The molecule has 3 N–H and O–H groups in total. The number of carbonyl (C=O) groups excluding carboxylic acids is 4. The molecule has 9 nitrogen and oxygen atoms in total. The summed E-state index contributed by atoms with van der Waals surface area (Å²) in [6.07, 6.45) is 4.30. The Morgan fingerprint density at radius 1 is 0.772 bits per heavy atom. The summed E-state index contributed by atoms with van der Waals surface area (Å²) in [5.74, 6) is -1.63. The third kappa shape index (κ3) is 10.8. The molecule has 0 radical (unpaired) electrons. The molecular weight excluding hydrogens is 713 g/mol. The number of amides is 3. The smallest absolute Gasteiger partial charge is 0.306 e. The number of primary amides is 1. The summed E-state index contributed by atoms with van der Waals surface area (Å²) in [5, 5.41) is 6.03. The van der Waals surface area contributed by atoms with Crippen molar-refractivity contribution in [1.82, 2.24) is 14.8 Å². The lowest BCUT2D eigenvalue weighted by atomic mass is 9.96. The van der Waals surface area contributed by atoms with Gasteiger partial charge in [-0.05, 0) is 71.2 Å². The highest BCUT2D eigenvalue weighted by molar-refractivity contribution is 6.08. The maximum absolute atomic E-state index is 14.8. The topological polar surface area (TPSA) is 124 Å². The number of esters is 1. The molecule has 5 aromatic carbocycles. The highest BCUT2D eigenvalue weighted by atomic mass is 16.5. The van der Waals surface area contributed by atoms with Crippen molar-refractivity contribution in [3.05, 3.63) is 155 Å². The zero-order valence-corrected chi connectivity index (χ0v) is 32.9. The van der Waals surface area contributed by atoms with E-state index in [0.717, 1.165) is 44.8 Å². The first kappa shape index (κ1) is 40.4. The van der Waals surface area contributed by atoms with Crippen LogP contribution in [0.15, 0.2) is 128 Å². The second-order valence-electron chi connectivity index (χ2n) is 14.7. The average molecular weight is 765 g/mol. The highest BCUT2D eigenvalue weighted by Gasteiger charge is 2.32. The number of hydrogen-bond acceptors (Lipinski definition) is 5. The van der Waals surface area contributed by atoms with Crippen LogP contribution in [0.3, 0.4) is 0 Å². The lowest BCUT2D eigenvalue weighted by Crippen LogP contribution is -2.53. The number of aryl methyl sites for hydroxylation is 1. The Morgan fingerprint density at radius 3 is 2.11 bits per heavy atom. The number of para-hydroxylation sites is 1. The first-order chi connectivity index (χ1) is 27.7. The second kappa shape index (κ2) is 19.6. The molecule has 2 atom stereocenters. The van der Waals surface area contributed by atoms with E-state index in [4.69, 9.17) is 10.5 Å². The van der Waals surface area contributed by atoms with Crippen LogP contribution in [-0.4, -0.2) is 51.8 Å². The van der Waals surface area contributed by atoms with E-state index in [9.17, 15) is 19.2 Å². The monoisotopic (exact) mass is 764 g/mol. The van der Waals surface area contributed by atoms with Gasteiger partial charge < -0.3 is 25.3 Å². The van der Waals surface area contributed by atoms with Gasteiger partial charge in [0.2, 0.25) is 11.8 Å². The van der Waals surface area contributed by atoms with Crippen molar-refractivity contribution in [2.75, 3.05) is 6.54 Å². The number of ether oxygens (including phenoxy) is 1. The molecule has 0 saturated carbocycles. The number of fused-ring (bicyclic) bond motifs is 2. The number of nitrogens with zero attached hydrogens (tertiary/aromatic N) is 2. The van der Waals surface area contributed by atoms with Gasteiger partial charge in [-0.3, -0.25) is 19.2 Å². The van der Waals surface area contributed by atoms with Crippen LogP contribution in [-0.2, 0) is 45.1 Å². The predicted octanol–water partition coefficient (Wildman–Crippen LogP) is 8.14. The molecule has 0 bridgehead atoms. The van der Waals surface area contributed by atoms with E-state index in [0.29, 0.717) is 37.9 Å². The van der Waals surface area contributed by atoms with E-state index < -0.39 is 23.9 Å². The van der Waals surface area contributed by atoms with E-state index in [1.165, 1.54) is 5.56 Å². The van der Waals surface area contributed by atoms with Gasteiger partial charge in [0.05, 0.1) is 5.56 Å². The zero-order valence-electron chi connectivity index (χ0n) is 32.9. The number of benzene rings is 5. The summed E-state index contributed by atoms with van der Waals surface area (Å²) < 4.78 is 7.56. The van der Waals surface area contributed by atoms with Crippen LogP contribution in [0.4, 0.5) is 0 Å². The lowest BCUT2D eigenvalue weighted by molar-refractivity contribution is -0.145. The van der Waals surface area contributed by atoms with Crippen LogP contribution in [0.1, 0.15) is 78.6 Å². The molecule has 0 aliphatic heterocycles. The molecule has 0 spiro atoms. The second-order valence-corrected chi connectivity index (χ2v) is 14.7. The van der Waals surface area contributed by atoms with Gasteiger partial charge in [0.25, 0.3) is 5.91 Å². The molecule has 6 rings (SSSR count). The van der Waals surface area contributed by atoms with Crippen LogP contribution in [0.2, 0.25) is 0 Å². The van der Waals surface area contributed by atoms with E-state index in [2.05, 4.69) is 42.6 Å². The minimum absolute atomic E-state index is 0.0436. The Balaban J connectivity index is 1.27. The summed E-state index contributed by atoms with van der Waals surface area (Å²) >= 11 is 0. The molecule has 0 unspecified atom stereocenters. The fourth-order valence-corrected chi connectivity index (χ4v) is 7.49. The van der Waals surface area contributed by atoms with Gasteiger partial charge in [0, 0.05) is 49.1 Å². The van der Waals surface area contributed by atoms with Crippen LogP contribution in [0.5, 0.6) is 0 Å². The molecule has 57 heavy (non-hydrogen) atoms. The third-order valence-corrected chi connectivity index (χ3v) is 10.4. The lowest BCUT2D eigenvalue weighted by Gasteiger charge is -2.34. The van der Waals surface area contributed by atoms with Gasteiger partial charge in [-0.2, -0.15) is 0 Å². The van der Waals surface area contributed by atoms with Crippen molar-refractivity contribution in [2.45, 2.75) is 84.0 Å². The molecule has 0 aliphatic carbocycles. The number of nitrogens with two attached hydrogens (primary N) is 1. The van der Waals surface area contributed by atoms with E-state index in [-0.39, 0.29) is 37.7 Å². The van der Waals surface area contributed by atoms with Gasteiger partial charge in [-0.15, -0.1) is 0 Å². The molecule has 9 heteroatoms. The Hall–Kier alpha value is -6.22. The summed E-state index contributed by atoms with van der Waals surface area (Å²) in [7, 11) is 0. The van der Waals surface area contributed by atoms with Crippen molar-refractivity contribution >= 4 is 45.4 Å². The Bertz CT molecular complexity index is 2300. The van der Waals surface area contributed by atoms with Crippen molar-refractivity contribution in [1.29, 1.82) is 0 Å². The minimum atomic E-state index is -0.985. The summed E-state index contributed by atoms with van der Waals surface area (Å²) in [4.78, 5) is 56.3. The molecule has 0 aliphatic rings. The molecular formula is C48H52N4O5. The first-order valence-electron chi connectivity index (χ1n) is 19.9. The summed E-state index contributed by atoms with van der Waals surface area (Å²) in [5.41, 5.74) is 11.4. The molecule has 6 aromatic rings. The van der Waals surface area contributed by atoms with Crippen molar-refractivity contribution in [3.63, 3.8) is 0 Å². The quantitative estimate of drug-likeness (QED) is 0.0807. The fourth-order valence-electron chi connectivity index (χ4n) is 7.49. The fraction of sp³-hybridized carbons (Fsp3) is 0.292. The van der Waals surface area contributed by atoms with Gasteiger partial charge in [0.15, 0.2) is 0 Å². The first-order valence-corrected chi connectivity index (χ1v) is 19.9. The highest BCUT2D eigenvalue weighted by Crippen LogP contribution is 2.25. The average Bonchev–Trinajstić information content (AvgIpc) is 3.59. The largest absolute Gasteiger partial charge is 0.461 e. The number of hydrogen-bond donors (Lipinski definition) is 2. The number of rotatable bonds is 19. The van der Waals surface area contributed by atoms with E-state index in [1.54, 1.807) is 4.90 Å². The number of aromatic nitrogens is 1. The van der Waals surface area contributed by atoms with Gasteiger partial charge >= 0.3 is 5.97 Å². The molecule has 294 valence electrons. The maximum Gasteiger partial charge on any atom is 0.306 e. The Morgan fingerprint density at radius 2 is 1.42 bits per heavy atom. The summed E-state index contributed by atoms with van der Waals surface area (Å²) in [6.45, 7) is 5.17. The molecule has 1 aromatic heterocycles. The summed E-state index contributed by atoms with van der Waals surface area (Å²) in [6, 6.07) is 38.2. The number of carbonyl (C=O) groups is 4. The zero-order chi connectivity index (χ0) is 40.1. The van der Waals surface area contributed by atoms with Crippen LogP contribution >= 0.6 is 0 Å². The van der Waals surface area contributed by atoms with E-state index >= 15 is 0 Å². The number of nitrogens with one attached hydrogen (secondary N) is 1. The normalized spacial score (nSPS) is 12.2. The molecule has 0 saturated heterocycles. The molecule has 3 amide bonds. The van der Waals surface area contributed by atoms with Crippen molar-refractivity contribution in [3.8, 4) is 0 Å². The third-order valence-electron chi connectivity index (χ3n) is 10.4. The van der Waals surface area contributed by atoms with Gasteiger partial charge in [0.1, 0.15) is 12.6 Å².